The minimum atomic E-state index is -0.912. The zero-order valence-electron chi connectivity index (χ0n) is 16.0. The summed E-state index contributed by atoms with van der Waals surface area (Å²) >= 11 is 5.68. The molecule has 0 aliphatic carbocycles. The lowest BCUT2D eigenvalue weighted by Crippen LogP contribution is -2.31. The Morgan fingerprint density at radius 1 is 1.17 bits per heavy atom. The number of nitrogens with zero attached hydrogens (tertiary/aromatic N) is 1. The molecule has 1 amide bonds. The van der Waals surface area contributed by atoms with Gasteiger partial charge in [0, 0.05) is 28.8 Å². The Morgan fingerprint density at radius 2 is 1.86 bits per heavy atom. The van der Waals surface area contributed by atoms with Crippen LogP contribution < -0.4 is 5.32 Å². The molecule has 1 heterocycles. The summed E-state index contributed by atoms with van der Waals surface area (Å²) in [4.78, 5) is 25.4. The molecule has 0 aliphatic heterocycles. The van der Waals surface area contributed by atoms with Crippen molar-refractivity contribution >= 4 is 34.3 Å². The first-order valence-electron chi connectivity index (χ1n) is 8.91. The predicted molar refractivity (Wildman–Crippen MR) is 106 cm³/mol. The normalized spacial score (nSPS) is 11.3. The van der Waals surface area contributed by atoms with Crippen molar-refractivity contribution in [3.05, 3.63) is 63.8 Å². The van der Waals surface area contributed by atoms with Gasteiger partial charge in [-0.15, -0.1) is 0 Å². The Hall–Kier alpha value is -2.93. The lowest BCUT2D eigenvalue weighted by Gasteiger charge is -2.10. The molecule has 1 aromatic heterocycles. The molecule has 0 saturated carbocycles. The first-order valence-corrected chi connectivity index (χ1v) is 9.29. The van der Waals surface area contributed by atoms with Gasteiger partial charge in [0.1, 0.15) is 5.82 Å². The van der Waals surface area contributed by atoms with Gasteiger partial charge in [-0.25, -0.2) is 8.78 Å². The zero-order chi connectivity index (χ0) is 21.5. The molecule has 0 radical (unpaired) electrons. The van der Waals surface area contributed by atoms with Crippen LogP contribution in [0.5, 0.6) is 5.75 Å². The van der Waals surface area contributed by atoms with Crippen molar-refractivity contribution in [1.29, 1.82) is 0 Å². The number of halogens is 3. The Labute approximate surface area is 170 Å². The van der Waals surface area contributed by atoms with Gasteiger partial charge in [0.15, 0.2) is 11.6 Å². The first-order chi connectivity index (χ1) is 13.6. The molecule has 2 aromatic carbocycles. The Bertz CT molecular complexity index is 1140. The number of carbonyl (C=O) groups is 2. The van der Waals surface area contributed by atoms with Gasteiger partial charge in [-0.3, -0.25) is 14.2 Å². The smallest absolute Gasteiger partial charge is 0.262 e. The summed E-state index contributed by atoms with van der Waals surface area (Å²) in [5.74, 6) is -3.15. The molecule has 2 N–H and O–H groups in total. The molecule has 3 aromatic rings. The lowest BCUT2D eigenvalue weighted by molar-refractivity contribution is -0.120. The number of phenolic OH excluding ortho intramolecular Hbond substituents is 1. The van der Waals surface area contributed by atoms with Crippen molar-refractivity contribution in [2.24, 2.45) is 0 Å². The number of hydrogen-bond acceptors (Lipinski definition) is 3. The molecule has 3 rings (SSSR count). The zero-order valence-corrected chi connectivity index (χ0v) is 16.8. The third-order valence-corrected chi connectivity index (χ3v) is 4.87. The van der Waals surface area contributed by atoms with Crippen LogP contribution in [0, 0.1) is 18.6 Å². The second-order valence-corrected chi connectivity index (χ2v) is 7.46. The van der Waals surface area contributed by atoms with E-state index in [-0.39, 0.29) is 34.5 Å². The van der Waals surface area contributed by atoms with E-state index < -0.39 is 23.3 Å². The van der Waals surface area contributed by atoms with E-state index in [0.29, 0.717) is 16.6 Å². The average Bonchev–Trinajstić information content (AvgIpc) is 2.88. The van der Waals surface area contributed by atoms with Crippen LogP contribution in [-0.4, -0.2) is 27.5 Å². The van der Waals surface area contributed by atoms with Crippen LogP contribution in [0.4, 0.5) is 8.78 Å². The van der Waals surface area contributed by atoms with E-state index in [2.05, 4.69) is 5.32 Å². The van der Waals surface area contributed by atoms with E-state index in [1.165, 1.54) is 22.8 Å². The Kier molecular flexibility index (Phi) is 5.61. The minimum Gasteiger partial charge on any atom is -0.505 e. The number of aromatic hydroxyl groups is 1. The maximum absolute atomic E-state index is 14.1. The maximum atomic E-state index is 14.1. The summed E-state index contributed by atoms with van der Waals surface area (Å²) in [6.45, 7) is 5.23. The van der Waals surface area contributed by atoms with Gasteiger partial charge in [0.25, 0.3) is 5.91 Å². The number of fused-ring (bicyclic) bond motifs is 1. The summed E-state index contributed by atoms with van der Waals surface area (Å²) in [7, 11) is 0. The van der Waals surface area contributed by atoms with Gasteiger partial charge in [-0.2, -0.15) is 0 Å². The van der Waals surface area contributed by atoms with E-state index >= 15 is 0 Å². The number of hydrogen-bond donors (Lipinski definition) is 2. The Balaban J connectivity index is 2.19. The highest BCUT2D eigenvalue weighted by Gasteiger charge is 2.23. The number of amides is 1. The van der Waals surface area contributed by atoms with Crippen molar-refractivity contribution in [3.63, 3.8) is 0 Å². The van der Waals surface area contributed by atoms with Gasteiger partial charge in [-0.05, 0) is 50.6 Å². The molecule has 8 heteroatoms. The number of benzene rings is 2. The standard InChI is InChI=1S/C21H19ClF2N2O3/c1-10(2)25-20(28)8-13-11(3)26(18-9-17(24)19(27)7-14(13)18)21(29)12-4-5-15(22)16(23)6-12/h4-7,9-10,27H,8H2,1-3H3,(H,25,28). The second kappa shape index (κ2) is 7.83. The molecule has 0 fully saturated rings. The highest BCUT2D eigenvalue weighted by Crippen LogP contribution is 2.32. The molecule has 152 valence electrons. The summed E-state index contributed by atoms with van der Waals surface area (Å²) in [6, 6.07) is 5.74. The summed E-state index contributed by atoms with van der Waals surface area (Å²) in [6.07, 6.45) is -0.0686. The number of nitrogens with one attached hydrogen (secondary N) is 1. The van der Waals surface area contributed by atoms with Crippen LogP contribution in [0.15, 0.2) is 30.3 Å². The van der Waals surface area contributed by atoms with Crippen LogP contribution in [0.25, 0.3) is 10.9 Å². The minimum absolute atomic E-state index is 0.0126. The third kappa shape index (κ3) is 3.96. The molecule has 0 atom stereocenters. The van der Waals surface area contributed by atoms with Crippen LogP contribution >= 0.6 is 11.6 Å². The van der Waals surface area contributed by atoms with Gasteiger partial charge in [-0.1, -0.05) is 11.6 Å². The number of aromatic nitrogens is 1. The van der Waals surface area contributed by atoms with Crippen molar-refractivity contribution in [2.45, 2.75) is 33.2 Å². The largest absolute Gasteiger partial charge is 0.505 e. The van der Waals surface area contributed by atoms with E-state index in [4.69, 9.17) is 11.6 Å². The predicted octanol–water partition coefficient (Wildman–Crippen LogP) is 4.34. The van der Waals surface area contributed by atoms with Crippen LogP contribution in [-0.2, 0) is 11.2 Å². The highest BCUT2D eigenvalue weighted by molar-refractivity contribution is 6.30. The molecular weight excluding hydrogens is 402 g/mol. The van der Waals surface area contributed by atoms with Crippen LogP contribution in [0.2, 0.25) is 5.02 Å². The molecule has 0 spiro atoms. The van der Waals surface area contributed by atoms with Gasteiger partial charge in [0.05, 0.1) is 17.0 Å². The summed E-state index contributed by atoms with van der Waals surface area (Å²) < 4.78 is 29.1. The molecular formula is C21H19ClF2N2O3. The van der Waals surface area contributed by atoms with Gasteiger partial charge >= 0.3 is 0 Å². The molecule has 0 saturated heterocycles. The molecule has 29 heavy (non-hydrogen) atoms. The van der Waals surface area contributed by atoms with Crippen LogP contribution in [0.1, 0.15) is 35.5 Å². The molecule has 0 bridgehead atoms. The van der Waals surface area contributed by atoms with E-state index in [9.17, 15) is 23.5 Å². The number of rotatable bonds is 4. The van der Waals surface area contributed by atoms with Gasteiger partial charge < -0.3 is 10.4 Å². The highest BCUT2D eigenvalue weighted by atomic mass is 35.5. The topological polar surface area (TPSA) is 71.3 Å². The van der Waals surface area contributed by atoms with Crippen molar-refractivity contribution in [3.8, 4) is 5.75 Å². The SMILES string of the molecule is Cc1c(CC(=O)NC(C)C)c2cc(O)c(F)cc2n1C(=O)c1ccc(Cl)c(F)c1. The summed E-state index contributed by atoms with van der Waals surface area (Å²) in [5.41, 5.74) is 1.05. The van der Waals surface area contributed by atoms with Crippen molar-refractivity contribution in [2.75, 3.05) is 0 Å². The monoisotopic (exact) mass is 420 g/mol. The van der Waals surface area contributed by atoms with E-state index in [0.717, 1.165) is 12.1 Å². The van der Waals surface area contributed by atoms with E-state index in [1.807, 2.05) is 13.8 Å². The first kappa shape index (κ1) is 20.8. The fourth-order valence-corrected chi connectivity index (χ4v) is 3.38. The average molecular weight is 421 g/mol. The number of carbonyl (C=O) groups excluding carboxylic acids is 2. The summed E-state index contributed by atoms with van der Waals surface area (Å²) in [5, 5.41) is 12.8. The van der Waals surface area contributed by atoms with Crippen molar-refractivity contribution < 1.29 is 23.5 Å². The fraction of sp³-hybridized carbons (Fsp3) is 0.238. The van der Waals surface area contributed by atoms with Gasteiger partial charge in [0.2, 0.25) is 5.91 Å². The third-order valence-electron chi connectivity index (χ3n) is 4.56. The molecule has 0 aliphatic rings. The lowest BCUT2D eigenvalue weighted by atomic mass is 10.1. The molecule has 5 nitrogen and oxygen atoms in total. The molecule has 0 unspecified atom stereocenters. The Morgan fingerprint density at radius 3 is 2.48 bits per heavy atom. The van der Waals surface area contributed by atoms with E-state index in [1.54, 1.807) is 6.92 Å². The maximum Gasteiger partial charge on any atom is 0.262 e. The number of phenols is 1. The van der Waals surface area contributed by atoms with Crippen molar-refractivity contribution in [1.82, 2.24) is 9.88 Å². The fourth-order valence-electron chi connectivity index (χ4n) is 3.27. The second-order valence-electron chi connectivity index (χ2n) is 7.05. The van der Waals surface area contributed by atoms with Crippen LogP contribution in [0.3, 0.4) is 0 Å². The quantitative estimate of drug-likeness (QED) is 0.659.